The zero-order valence-electron chi connectivity index (χ0n) is 10.6. The lowest BCUT2D eigenvalue weighted by Crippen LogP contribution is -1.90. The third-order valence-electron chi connectivity index (χ3n) is 3.14. The minimum Gasteiger partial charge on any atom is -0.456 e. The topological polar surface area (TPSA) is 9.23 Å². The standard InChI is InChI=1S/C17H12Br2O/c18-11-13-10-14(19)8-9-16(13)20-17-7-3-5-12-4-1-2-6-15(12)17/h1-10H,11H2. The highest BCUT2D eigenvalue weighted by Crippen LogP contribution is 2.33. The van der Waals surface area contributed by atoms with E-state index < -0.39 is 0 Å². The smallest absolute Gasteiger partial charge is 0.135 e. The van der Waals surface area contributed by atoms with Gasteiger partial charge in [0.2, 0.25) is 0 Å². The second-order valence-electron chi connectivity index (χ2n) is 4.47. The molecular formula is C17H12Br2O. The van der Waals surface area contributed by atoms with Gasteiger partial charge in [-0.25, -0.2) is 0 Å². The maximum absolute atomic E-state index is 6.12. The third kappa shape index (κ3) is 2.74. The SMILES string of the molecule is BrCc1cc(Br)ccc1Oc1cccc2ccccc12. The van der Waals surface area contributed by atoms with Gasteiger partial charge in [0.25, 0.3) is 0 Å². The van der Waals surface area contributed by atoms with Crippen molar-refractivity contribution in [2.75, 3.05) is 0 Å². The van der Waals surface area contributed by atoms with E-state index in [4.69, 9.17) is 4.74 Å². The van der Waals surface area contributed by atoms with Crippen LogP contribution in [-0.2, 0) is 5.33 Å². The summed E-state index contributed by atoms with van der Waals surface area (Å²) in [6.07, 6.45) is 0. The van der Waals surface area contributed by atoms with Gasteiger partial charge >= 0.3 is 0 Å². The van der Waals surface area contributed by atoms with E-state index in [0.717, 1.165) is 32.3 Å². The van der Waals surface area contributed by atoms with Gasteiger partial charge in [-0.05, 0) is 29.7 Å². The Kier molecular flexibility index (Phi) is 4.08. The zero-order chi connectivity index (χ0) is 13.9. The molecule has 100 valence electrons. The van der Waals surface area contributed by atoms with Gasteiger partial charge in [0, 0.05) is 20.8 Å². The molecule has 0 aliphatic heterocycles. The minimum absolute atomic E-state index is 0.756. The number of alkyl halides is 1. The Morgan fingerprint density at radius 3 is 2.50 bits per heavy atom. The van der Waals surface area contributed by atoms with Crippen molar-refractivity contribution in [2.45, 2.75) is 5.33 Å². The van der Waals surface area contributed by atoms with Gasteiger partial charge in [-0.2, -0.15) is 0 Å². The van der Waals surface area contributed by atoms with Crippen LogP contribution in [0.25, 0.3) is 10.8 Å². The second-order valence-corrected chi connectivity index (χ2v) is 5.94. The molecule has 0 aliphatic carbocycles. The van der Waals surface area contributed by atoms with Crippen LogP contribution in [0.3, 0.4) is 0 Å². The van der Waals surface area contributed by atoms with Crippen LogP contribution in [0.15, 0.2) is 65.1 Å². The average molecular weight is 392 g/mol. The molecule has 0 atom stereocenters. The maximum Gasteiger partial charge on any atom is 0.135 e. The lowest BCUT2D eigenvalue weighted by Gasteiger charge is -2.12. The number of benzene rings is 3. The van der Waals surface area contributed by atoms with Gasteiger partial charge in [0.15, 0.2) is 0 Å². The van der Waals surface area contributed by atoms with Gasteiger partial charge in [-0.1, -0.05) is 68.3 Å². The monoisotopic (exact) mass is 390 g/mol. The summed E-state index contributed by atoms with van der Waals surface area (Å²) in [4.78, 5) is 0. The van der Waals surface area contributed by atoms with E-state index in [1.807, 2.05) is 36.4 Å². The fraction of sp³-hybridized carbons (Fsp3) is 0.0588. The quantitative estimate of drug-likeness (QED) is 0.476. The molecule has 3 aromatic carbocycles. The Hall–Kier alpha value is -1.32. The molecule has 0 aromatic heterocycles. The first-order chi connectivity index (χ1) is 9.78. The van der Waals surface area contributed by atoms with Crippen LogP contribution in [0.5, 0.6) is 11.5 Å². The highest BCUT2D eigenvalue weighted by molar-refractivity contribution is 9.10. The average Bonchev–Trinajstić information content (AvgIpc) is 2.49. The molecule has 20 heavy (non-hydrogen) atoms. The summed E-state index contributed by atoms with van der Waals surface area (Å²) in [7, 11) is 0. The van der Waals surface area contributed by atoms with Gasteiger partial charge in [0.05, 0.1) is 0 Å². The van der Waals surface area contributed by atoms with Crippen molar-refractivity contribution >= 4 is 42.6 Å². The van der Waals surface area contributed by atoms with Crippen LogP contribution in [0.1, 0.15) is 5.56 Å². The van der Waals surface area contributed by atoms with Crippen molar-refractivity contribution < 1.29 is 4.74 Å². The minimum atomic E-state index is 0.756. The number of rotatable bonds is 3. The molecule has 0 saturated carbocycles. The van der Waals surface area contributed by atoms with Crippen molar-refractivity contribution in [3.63, 3.8) is 0 Å². The summed E-state index contributed by atoms with van der Waals surface area (Å²) >= 11 is 6.99. The number of hydrogen-bond acceptors (Lipinski definition) is 1. The van der Waals surface area contributed by atoms with E-state index in [-0.39, 0.29) is 0 Å². The molecule has 0 bridgehead atoms. The summed E-state index contributed by atoms with van der Waals surface area (Å²) in [6.45, 7) is 0. The fourth-order valence-corrected chi connectivity index (χ4v) is 3.00. The van der Waals surface area contributed by atoms with Gasteiger partial charge in [-0.15, -0.1) is 0 Å². The summed E-state index contributed by atoms with van der Waals surface area (Å²) < 4.78 is 7.17. The predicted octanol–water partition coefficient (Wildman–Crippen LogP) is 6.29. The van der Waals surface area contributed by atoms with Crippen LogP contribution >= 0.6 is 31.9 Å². The van der Waals surface area contributed by atoms with Crippen molar-refractivity contribution in [3.05, 3.63) is 70.7 Å². The Morgan fingerprint density at radius 2 is 1.65 bits per heavy atom. The first-order valence-corrected chi connectivity index (χ1v) is 8.19. The van der Waals surface area contributed by atoms with Gasteiger partial charge in [-0.3, -0.25) is 0 Å². The van der Waals surface area contributed by atoms with Crippen LogP contribution in [0.2, 0.25) is 0 Å². The molecule has 3 rings (SSSR count). The van der Waals surface area contributed by atoms with E-state index in [0.29, 0.717) is 0 Å². The molecule has 0 amide bonds. The molecule has 1 nitrogen and oxygen atoms in total. The van der Waals surface area contributed by atoms with E-state index in [9.17, 15) is 0 Å². The number of halogens is 2. The molecule has 3 aromatic rings. The Balaban J connectivity index is 2.05. The van der Waals surface area contributed by atoms with Gasteiger partial charge in [0.1, 0.15) is 11.5 Å². The number of hydrogen-bond donors (Lipinski definition) is 0. The lowest BCUT2D eigenvalue weighted by molar-refractivity contribution is 0.484. The molecule has 0 heterocycles. The molecule has 0 aliphatic rings. The molecule has 3 heteroatoms. The summed E-state index contributed by atoms with van der Waals surface area (Å²) in [5.41, 5.74) is 1.12. The molecule has 0 fully saturated rings. The fourth-order valence-electron chi connectivity index (χ4n) is 2.16. The lowest BCUT2D eigenvalue weighted by atomic mass is 10.1. The van der Waals surface area contributed by atoms with Gasteiger partial charge < -0.3 is 4.74 Å². The molecule has 0 N–H and O–H groups in total. The predicted molar refractivity (Wildman–Crippen MR) is 90.8 cm³/mol. The Morgan fingerprint density at radius 1 is 0.850 bits per heavy atom. The summed E-state index contributed by atoms with van der Waals surface area (Å²) in [6, 6.07) is 20.4. The number of ether oxygens (including phenoxy) is 1. The largest absolute Gasteiger partial charge is 0.456 e. The van der Waals surface area contributed by atoms with E-state index in [2.05, 4.69) is 56.1 Å². The normalized spacial score (nSPS) is 10.7. The maximum atomic E-state index is 6.12. The summed E-state index contributed by atoms with van der Waals surface area (Å²) in [5.74, 6) is 1.76. The molecule has 0 radical (unpaired) electrons. The Labute approximate surface area is 134 Å². The highest BCUT2D eigenvalue weighted by atomic mass is 79.9. The van der Waals surface area contributed by atoms with Crippen molar-refractivity contribution in [1.82, 2.24) is 0 Å². The summed E-state index contributed by atoms with van der Waals surface area (Å²) in [5, 5.41) is 3.06. The molecule has 0 saturated heterocycles. The number of fused-ring (bicyclic) bond motifs is 1. The second kappa shape index (κ2) is 5.98. The van der Waals surface area contributed by atoms with Crippen molar-refractivity contribution in [3.8, 4) is 11.5 Å². The zero-order valence-corrected chi connectivity index (χ0v) is 13.8. The third-order valence-corrected chi connectivity index (χ3v) is 4.23. The van der Waals surface area contributed by atoms with E-state index in [1.165, 1.54) is 5.39 Å². The van der Waals surface area contributed by atoms with Crippen LogP contribution in [-0.4, -0.2) is 0 Å². The van der Waals surface area contributed by atoms with Crippen LogP contribution < -0.4 is 4.74 Å². The van der Waals surface area contributed by atoms with E-state index >= 15 is 0 Å². The molecule has 0 unspecified atom stereocenters. The first-order valence-electron chi connectivity index (χ1n) is 6.28. The molecule has 0 spiro atoms. The van der Waals surface area contributed by atoms with Crippen molar-refractivity contribution in [1.29, 1.82) is 0 Å². The van der Waals surface area contributed by atoms with E-state index in [1.54, 1.807) is 0 Å². The Bertz CT molecular complexity index is 748. The van der Waals surface area contributed by atoms with Crippen molar-refractivity contribution in [2.24, 2.45) is 0 Å². The van der Waals surface area contributed by atoms with Crippen LogP contribution in [0.4, 0.5) is 0 Å². The molecular weight excluding hydrogens is 380 g/mol. The first kappa shape index (κ1) is 13.7. The highest BCUT2D eigenvalue weighted by Gasteiger charge is 2.07. The van der Waals surface area contributed by atoms with Crippen LogP contribution in [0, 0.1) is 0 Å².